The Labute approximate surface area is 766 Å². The second-order valence-corrected chi connectivity index (χ2v) is 38.5. The van der Waals surface area contributed by atoms with Gasteiger partial charge in [-0.2, -0.15) is 40.0 Å². The highest BCUT2D eigenvalue weighted by Gasteiger charge is 2.67. The average Bonchev–Trinajstić information content (AvgIpc) is 1.63. The average molecular weight is 1760 g/mol. The molecule has 2 saturated carbocycles. The van der Waals surface area contributed by atoms with Crippen LogP contribution in [0.3, 0.4) is 0 Å². The number of fused-ring (bicyclic) bond motifs is 12. The molecular weight excluding hydrogens is 1640 g/mol. The maximum atomic E-state index is 13.7. The number of nitrogens with zero attached hydrogens (tertiary/aromatic N) is 7. The minimum Gasteiger partial charge on any atom is -0.437 e. The Balaban J connectivity index is 0.000000124. The van der Waals surface area contributed by atoms with Crippen LogP contribution in [0.2, 0.25) is 0 Å². The van der Waals surface area contributed by atoms with Gasteiger partial charge in [-0.05, 0) is 302 Å². The summed E-state index contributed by atoms with van der Waals surface area (Å²) in [4.78, 5) is 13.8. The third-order valence-electron chi connectivity index (χ3n) is 28.5. The van der Waals surface area contributed by atoms with Crippen LogP contribution in [0.15, 0.2) is 226 Å². The number of furan rings is 3. The number of aromatic nitrogens is 7. The van der Waals surface area contributed by atoms with Gasteiger partial charge in [0.1, 0.15) is 28.2 Å². The summed E-state index contributed by atoms with van der Waals surface area (Å²) < 4.78 is 127. The maximum absolute atomic E-state index is 13.7. The van der Waals surface area contributed by atoms with Gasteiger partial charge in [-0.3, -0.25) is 0 Å². The Morgan fingerprint density at radius 1 is 0.397 bits per heavy atom. The SMILES string of the molecule is CCCc1cccc2c1ccc(-c1c(C)c(C)cc3c1oc1nc(C)ccc13)[n+]2C.Cc1ccc2c(n1)oc1c(-c3ccc4c(CC(C)(C(F)(F)F)C(F)(F)F)cccc4[n+]3C)c(C)c(C)cc12.Cc1ccccc1-c1cc(-c2ccc(C3CCC4(CCCCC4)CC3)cc2)cc[n+]1C.[2H]C([2H])(c1cccc2c1ccc(-c1c(C)c(C)cc3c1oc1nc(C)ccc13)[n+]2C)C(C)(C)C. The van der Waals surface area contributed by atoms with Crippen molar-refractivity contribution < 1.29 is 60.6 Å². The van der Waals surface area contributed by atoms with Gasteiger partial charge in [0.2, 0.25) is 56.5 Å². The molecule has 0 aliphatic heterocycles. The standard InChI is InChI=1S/C30H36N.C29H25F6N2O.C29H31N2O.C27H27N2O/c1-23-8-4-5-9-28(23)29-22-27(16-21-31(29)2)25-12-10-24(11-13-25)26-14-19-30(20-15-26)17-6-3-7-18-30;1-15-13-21-20-10-9-16(2)36-26(20)38-25(21)24(17(15)3)23-12-11-19-18(7-6-8-22(19)37(23)5)14-27(4,28(30,31)32)29(33,34)35;1-17-15-23-22-12-11-18(2)30-28(22)32-27(23)26(19(17)3)25-14-13-21-20(16-29(4,5)6)9-8-10-24(21)31(25)7;1-6-8-19-9-7-10-23-20(19)13-14-24(29(23)5)25-18(4)16(2)15-22-21-12-11-17(3)28-27(21)30-26(22)25/h4-5,8-13,16,21-22,26H,3,6-7,14-15,17-20H2,1-2H3;6-13H,14H2,1-5H3;8-15H,16H2,1-7H3;7,9-15H,6,8H2,1-5H3/q4*+1/i;;16D2;. The minimum atomic E-state index is -5.46. The van der Waals surface area contributed by atoms with Gasteiger partial charge in [0, 0.05) is 122 Å². The fourth-order valence-corrected chi connectivity index (χ4v) is 20.5. The molecule has 0 unspecified atom stereocenters. The number of halogens is 6. The lowest BCUT2D eigenvalue weighted by Crippen LogP contribution is -2.49. The zero-order valence-corrected chi connectivity index (χ0v) is 78.9. The van der Waals surface area contributed by atoms with Gasteiger partial charge < -0.3 is 13.3 Å². The van der Waals surface area contributed by atoms with E-state index < -0.39 is 36.0 Å². The van der Waals surface area contributed by atoms with E-state index in [1.54, 1.807) is 35.4 Å². The molecule has 1 spiro atoms. The molecule has 0 atom stereocenters. The van der Waals surface area contributed by atoms with Crippen LogP contribution in [0.5, 0.6) is 0 Å². The van der Waals surface area contributed by atoms with Crippen LogP contribution in [0.4, 0.5) is 26.3 Å². The second-order valence-electron chi connectivity index (χ2n) is 38.5. The van der Waals surface area contributed by atoms with Crippen LogP contribution in [-0.4, -0.2) is 27.3 Å². The van der Waals surface area contributed by atoms with Gasteiger partial charge in [-0.25, -0.2) is 19.5 Å². The molecule has 2 aliphatic carbocycles. The van der Waals surface area contributed by atoms with Crippen LogP contribution in [0.25, 0.3) is 155 Å². The van der Waals surface area contributed by atoms with E-state index in [4.69, 9.17) is 16.0 Å². The normalized spacial score (nSPS) is 14.4. The fraction of sp³-hybridized carbons (Fsp3) is 0.330. The second kappa shape index (κ2) is 35.4. The molecule has 8 aromatic carbocycles. The summed E-state index contributed by atoms with van der Waals surface area (Å²) in [5, 5.41) is 8.62. The summed E-state index contributed by atoms with van der Waals surface area (Å²) in [6.45, 7) is 28.9. The number of aryl methyl sites for hydroxylation is 12. The maximum Gasteiger partial charge on any atom is 0.403 e. The van der Waals surface area contributed by atoms with Crippen molar-refractivity contribution in [2.75, 3.05) is 0 Å². The first kappa shape index (κ1) is 87.9. The van der Waals surface area contributed by atoms with Crippen LogP contribution in [-0.2, 0) is 47.4 Å². The summed E-state index contributed by atoms with van der Waals surface area (Å²) in [6, 6.07) is 70.4. The summed E-state index contributed by atoms with van der Waals surface area (Å²) in [7, 11) is 8.09. The van der Waals surface area contributed by atoms with E-state index in [1.165, 1.54) is 137 Å². The lowest BCUT2D eigenvalue weighted by molar-refractivity contribution is -0.660. The topological polar surface area (TPSA) is 93.6 Å². The minimum absolute atomic E-state index is 0.0312. The highest BCUT2D eigenvalue weighted by Crippen LogP contribution is 2.54. The van der Waals surface area contributed by atoms with Crippen LogP contribution in [0, 0.1) is 85.5 Å². The molecule has 0 saturated heterocycles. The third kappa shape index (κ3) is 17.2. The Bertz CT molecular complexity index is 7590. The predicted octanol–water partition coefficient (Wildman–Crippen LogP) is 29.6. The van der Waals surface area contributed by atoms with E-state index in [9.17, 15) is 26.3 Å². The Kier molecular flexibility index (Phi) is 23.7. The smallest absolute Gasteiger partial charge is 0.403 e. The van der Waals surface area contributed by atoms with Crippen LogP contribution >= 0.6 is 0 Å². The lowest BCUT2D eigenvalue weighted by Gasteiger charge is -2.43. The van der Waals surface area contributed by atoms with Crippen molar-refractivity contribution in [2.24, 2.45) is 44.4 Å². The number of rotatable bonds is 11. The molecule has 18 aromatic rings. The Hall–Kier alpha value is -12.4. The molecule has 10 aromatic heterocycles. The summed E-state index contributed by atoms with van der Waals surface area (Å²) in [5.74, 6) is 0.762. The quantitative estimate of drug-likeness (QED) is 0.0946. The molecule has 2 fully saturated rings. The molecule has 131 heavy (non-hydrogen) atoms. The highest BCUT2D eigenvalue weighted by atomic mass is 19.4. The first-order chi connectivity index (χ1) is 63.2. The van der Waals surface area contributed by atoms with Crippen molar-refractivity contribution >= 4 is 98.9 Å². The van der Waals surface area contributed by atoms with E-state index >= 15 is 0 Å². The fourth-order valence-electron chi connectivity index (χ4n) is 20.5. The van der Waals surface area contributed by atoms with E-state index in [2.05, 4.69) is 230 Å². The molecule has 0 radical (unpaired) electrons. The van der Waals surface area contributed by atoms with Crippen molar-refractivity contribution in [1.82, 2.24) is 15.0 Å². The molecular formula is C115H119F6N7O3+4. The zero-order valence-electron chi connectivity index (χ0n) is 80.9. The molecule has 0 bridgehead atoms. The summed E-state index contributed by atoms with van der Waals surface area (Å²) in [5.41, 5.74) is 28.9. The molecule has 0 amide bonds. The number of alkyl halides is 6. The molecule has 10 nitrogen and oxygen atoms in total. The van der Waals surface area contributed by atoms with E-state index in [1.807, 2.05) is 98.8 Å². The van der Waals surface area contributed by atoms with Gasteiger partial charge in [-0.1, -0.05) is 132 Å². The molecule has 16 heteroatoms. The summed E-state index contributed by atoms with van der Waals surface area (Å²) in [6.07, 6.45) is 3.88. The van der Waals surface area contributed by atoms with Crippen molar-refractivity contribution in [3.8, 4) is 56.2 Å². The van der Waals surface area contributed by atoms with E-state index in [0.717, 1.165) is 129 Å². The number of hydrogen-bond donors (Lipinski definition) is 0. The Morgan fingerprint density at radius 2 is 0.802 bits per heavy atom. The van der Waals surface area contributed by atoms with Crippen LogP contribution < -0.4 is 18.3 Å². The lowest BCUT2D eigenvalue weighted by atomic mass is 9.62. The van der Waals surface area contributed by atoms with Gasteiger partial charge in [0.15, 0.2) is 28.4 Å². The van der Waals surface area contributed by atoms with Crippen molar-refractivity contribution in [1.29, 1.82) is 0 Å². The first-order valence-corrected chi connectivity index (χ1v) is 46.1. The van der Waals surface area contributed by atoms with Gasteiger partial charge in [0.25, 0.3) is 0 Å². The predicted molar refractivity (Wildman–Crippen MR) is 521 cm³/mol. The van der Waals surface area contributed by atoms with Crippen LogP contribution in [0.1, 0.15) is 186 Å². The zero-order chi connectivity index (χ0) is 94.6. The van der Waals surface area contributed by atoms with Crippen molar-refractivity contribution in [3.63, 3.8) is 0 Å². The Morgan fingerprint density at radius 3 is 1.22 bits per heavy atom. The molecule has 670 valence electrons. The van der Waals surface area contributed by atoms with Crippen molar-refractivity contribution in [2.45, 2.75) is 206 Å². The largest absolute Gasteiger partial charge is 0.437 e. The highest BCUT2D eigenvalue weighted by molar-refractivity contribution is 6.12. The van der Waals surface area contributed by atoms with Gasteiger partial charge in [0.05, 0.1) is 16.7 Å². The van der Waals surface area contributed by atoms with Gasteiger partial charge in [-0.15, -0.1) is 0 Å². The third-order valence-corrected chi connectivity index (χ3v) is 28.5. The number of pyridine rings is 7. The molecule has 10 heterocycles. The number of benzene rings is 8. The van der Waals surface area contributed by atoms with Crippen molar-refractivity contribution in [3.05, 3.63) is 291 Å². The molecule has 0 N–H and O–H groups in total. The monoisotopic (exact) mass is 1760 g/mol. The van der Waals surface area contributed by atoms with Gasteiger partial charge >= 0.3 is 12.4 Å². The molecule has 2 aliphatic rings. The first-order valence-electron chi connectivity index (χ1n) is 47.1. The van der Waals surface area contributed by atoms with E-state index in [0.29, 0.717) is 50.3 Å². The summed E-state index contributed by atoms with van der Waals surface area (Å²) >= 11 is 0. The molecule has 20 rings (SSSR count). The number of hydrogen-bond acceptors (Lipinski definition) is 6. The van der Waals surface area contributed by atoms with E-state index in [-0.39, 0.29) is 12.5 Å².